The Morgan fingerprint density at radius 3 is 2.12 bits per heavy atom. The number of carbonyl (C=O) groups excluding carboxylic acids is 1. The van der Waals surface area contributed by atoms with Crippen LogP contribution in [-0.2, 0) is 18.9 Å². The summed E-state index contributed by atoms with van der Waals surface area (Å²) in [5.74, 6) is 3.96. The maximum Gasteiger partial charge on any atom is 0.435 e. The summed E-state index contributed by atoms with van der Waals surface area (Å²) in [5.41, 5.74) is -1.59. The standard InChI is InChI=1S/C21H12F6N2O2S/c22-20(23,24)14-6-1-13(2-7-14)11-28-19(31)17-18(21(25,26)27)29-16(32-17)10-5-12-3-8-15(30)9-4-12/h1-4,6-9,30H,11H2,(H,28,31). The van der Waals surface area contributed by atoms with Crippen molar-refractivity contribution in [2.45, 2.75) is 18.9 Å². The van der Waals surface area contributed by atoms with Crippen LogP contribution in [0.5, 0.6) is 5.75 Å². The lowest BCUT2D eigenvalue weighted by atomic mass is 10.1. The zero-order valence-corrected chi connectivity index (χ0v) is 16.6. The quantitative estimate of drug-likeness (QED) is 0.408. The van der Waals surface area contributed by atoms with Gasteiger partial charge in [0.1, 0.15) is 10.6 Å². The average molecular weight is 470 g/mol. The highest BCUT2D eigenvalue weighted by atomic mass is 32.1. The van der Waals surface area contributed by atoms with Crippen molar-refractivity contribution >= 4 is 17.2 Å². The van der Waals surface area contributed by atoms with E-state index in [9.17, 15) is 36.2 Å². The summed E-state index contributed by atoms with van der Waals surface area (Å²) in [7, 11) is 0. The molecule has 0 spiro atoms. The van der Waals surface area contributed by atoms with Crippen molar-refractivity contribution in [3.63, 3.8) is 0 Å². The Morgan fingerprint density at radius 1 is 0.938 bits per heavy atom. The van der Waals surface area contributed by atoms with E-state index >= 15 is 0 Å². The van der Waals surface area contributed by atoms with Crippen molar-refractivity contribution in [1.82, 2.24) is 10.3 Å². The molecule has 0 unspecified atom stereocenters. The largest absolute Gasteiger partial charge is 0.508 e. The molecule has 3 aromatic rings. The maximum atomic E-state index is 13.3. The summed E-state index contributed by atoms with van der Waals surface area (Å²) >= 11 is 0.443. The summed E-state index contributed by atoms with van der Waals surface area (Å²) in [6, 6.07) is 9.49. The fourth-order valence-corrected chi connectivity index (χ4v) is 3.32. The lowest BCUT2D eigenvalue weighted by Crippen LogP contribution is -2.24. The van der Waals surface area contributed by atoms with E-state index in [2.05, 4.69) is 22.1 Å². The van der Waals surface area contributed by atoms with Crippen LogP contribution in [0.2, 0.25) is 0 Å². The second kappa shape index (κ2) is 8.92. The van der Waals surface area contributed by atoms with Gasteiger partial charge in [0.15, 0.2) is 10.7 Å². The van der Waals surface area contributed by atoms with E-state index in [0.717, 1.165) is 24.3 Å². The summed E-state index contributed by atoms with van der Waals surface area (Å²) in [6.45, 7) is -0.277. The predicted octanol–water partition coefficient (Wildman–Crippen LogP) is 5.22. The first-order chi connectivity index (χ1) is 14.9. The number of alkyl halides is 6. The van der Waals surface area contributed by atoms with Crippen molar-refractivity contribution in [2.24, 2.45) is 0 Å². The molecule has 2 aromatic carbocycles. The van der Waals surface area contributed by atoms with Gasteiger partial charge in [-0.1, -0.05) is 29.4 Å². The minimum Gasteiger partial charge on any atom is -0.508 e. The third-order valence-electron chi connectivity index (χ3n) is 4.02. The van der Waals surface area contributed by atoms with Crippen molar-refractivity contribution in [3.8, 4) is 17.6 Å². The molecule has 11 heteroatoms. The molecule has 32 heavy (non-hydrogen) atoms. The molecule has 0 atom stereocenters. The SMILES string of the molecule is O=C(NCc1ccc(C(F)(F)F)cc1)c1sc(C#Cc2ccc(O)cc2)nc1C(F)(F)F. The van der Waals surface area contributed by atoms with Crippen LogP contribution in [0.3, 0.4) is 0 Å². The van der Waals surface area contributed by atoms with E-state index in [1.165, 1.54) is 24.3 Å². The molecule has 2 N–H and O–H groups in total. The molecule has 1 amide bonds. The van der Waals surface area contributed by atoms with Gasteiger partial charge in [0.25, 0.3) is 5.91 Å². The summed E-state index contributed by atoms with van der Waals surface area (Å²) < 4.78 is 77.8. The van der Waals surface area contributed by atoms with Gasteiger partial charge in [0.2, 0.25) is 0 Å². The maximum absolute atomic E-state index is 13.3. The Kier molecular flexibility index (Phi) is 6.45. The summed E-state index contributed by atoms with van der Waals surface area (Å²) in [4.78, 5) is 15.0. The number of hydrogen-bond donors (Lipinski definition) is 2. The van der Waals surface area contributed by atoms with Crippen LogP contribution in [0.15, 0.2) is 48.5 Å². The van der Waals surface area contributed by atoms with Crippen LogP contribution < -0.4 is 5.32 Å². The number of thiazole rings is 1. The zero-order chi connectivity index (χ0) is 23.5. The number of rotatable bonds is 3. The van der Waals surface area contributed by atoms with Gasteiger partial charge in [-0.05, 0) is 47.9 Å². The minimum absolute atomic E-state index is 0.00356. The number of benzene rings is 2. The van der Waals surface area contributed by atoms with Crippen molar-refractivity contribution in [3.05, 3.63) is 80.8 Å². The van der Waals surface area contributed by atoms with Crippen LogP contribution in [0.25, 0.3) is 0 Å². The molecule has 1 aromatic heterocycles. The van der Waals surface area contributed by atoms with Crippen LogP contribution in [0, 0.1) is 11.8 Å². The lowest BCUT2D eigenvalue weighted by molar-refractivity contribution is -0.141. The third kappa shape index (κ3) is 5.79. The zero-order valence-electron chi connectivity index (χ0n) is 15.8. The number of halogens is 6. The highest BCUT2D eigenvalue weighted by Crippen LogP contribution is 2.34. The van der Waals surface area contributed by atoms with E-state index in [4.69, 9.17) is 0 Å². The normalized spacial score (nSPS) is 11.6. The molecule has 1 heterocycles. The van der Waals surface area contributed by atoms with E-state index in [1.54, 1.807) is 0 Å². The number of aromatic nitrogens is 1. The predicted molar refractivity (Wildman–Crippen MR) is 104 cm³/mol. The number of phenolic OH excluding ortho intramolecular Hbond substituents is 1. The Morgan fingerprint density at radius 2 is 1.56 bits per heavy atom. The molecule has 4 nitrogen and oxygen atoms in total. The van der Waals surface area contributed by atoms with Gasteiger partial charge in [0.05, 0.1) is 5.56 Å². The van der Waals surface area contributed by atoms with E-state index in [-0.39, 0.29) is 22.9 Å². The fourth-order valence-electron chi connectivity index (χ4n) is 2.46. The average Bonchev–Trinajstić information content (AvgIpc) is 3.16. The number of amides is 1. The van der Waals surface area contributed by atoms with Gasteiger partial charge in [-0.2, -0.15) is 26.3 Å². The van der Waals surface area contributed by atoms with Gasteiger partial charge in [-0.25, -0.2) is 4.98 Å². The monoisotopic (exact) mass is 470 g/mol. The Balaban J connectivity index is 1.78. The molecule has 0 saturated heterocycles. The molecule has 166 valence electrons. The van der Waals surface area contributed by atoms with Gasteiger partial charge >= 0.3 is 12.4 Å². The van der Waals surface area contributed by atoms with Crippen molar-refractivity contribution in [2.75, 3.05) is 0 Å². The first kappa shape index (κ1) is 23.1. The van der Waals surface area contributed by atoms with Crippen LogP contribution >= 0.6 is 11.3 Å². The van der Waals surface area contributed by atoms with Gasteiger partial charge in [-0.3, -0.25) is 4.79 Å². The highest BCUT2D eigenvalue weighted by molar-refractivity contribution is 7.14. The number of hydrogen-bond acceptors (Lipinski definition) is 4. The third-order valence-corrected chi connectivity index (χ3v) is 4.99. The minimum atomic E-state index is -4.91. The molecular formula is C21H12F6N2O2S. The topological polar surface area (TPSA) is 62.2 Å². The molecule has 0 aliphatic rings. The van der Waals surface area contributed by atoms with Crippen molar-refractivity contribution < 1.29 is 36.2 Å². The fraction of sp³-hybridized carbons (Fsp3) is 0.143. The number of nitrogens with zero attached hydrogens (tertiary/aromatic N) is 1. The van der Waals surface area contributed by atoms with Crippen LogP contribution in [0.4, 0.5) is 26.3 Å². The molecule has 3 rings (SSSR count). The summed E-state index contributed by atoms with van der Waals surface area (Å²) in [6.07, 6.45) is -9.43. The summed E-state index contributed by atoms with van der Waals surface area (Å²) in [5, 5.41) is 11.2. The van der Waals surface area contributed by atoms with Crippen molar-refractivity contribution in [1.29, 1.82) is 0 Å². The van der Waals surface area contributed by atoms with Gasteiger partial charge in [-0.15, -0.1) is 0 Å². The van der Waals surface area contributed by atoms with E-state index in [1.807, 2.05) is 0 Å². The second-order valence-electron chi connectivity index (χ2n) is 6.37. The molecule has 0 radical (unpaired) electrons. The number of phenols is 1. The first-order valence-corrected chi connectivity index (χ1v) is 9.58. The molecular weight excluding hydrogens is 458 g/mol. The van der Waals surface area contributed by atoms with E-state index < -0.39 is 34.4 Å². The van der Waals surface area contributed by atoms with Crippen LogP contribution in [0.1, 0.15) is 37.1 Å². The molecule has 0 saturated carbocycles. The van der Waals surface area contributed by atoms with Gasteiger partial charge in [0, 0.05) is 12.1 Å². The number of carbonyl (C=O) groups is 1. The Labute approximate surface area is 181 Å². The molecule has 0 fully saturated rings. The smallest absolute Gasteiger partial charge is 0.435 e. The molecule has 0 aliphatic heterocycles. The lowest BCUT2D eigenvalue weighted by Gasteiger charge is -2.09. The van der Waals surface area contributed by atoms with E-state index in [0.29, 0.717) is 16.9 Å². The number of aromatic hydroxyl groups is 1. The molecule has 0 aliphatic carbocycles. The van der Waals surface area contributed by atoms with Gasteiger partial charge < -0.3 is 10.4 Å². The highest BCUT2D eigenvalue weighted by Gasteiger charge is 2.39. The number of nitrogens with one attached hydrogen (secondary N) is 1. The second-order valence-corrected chi connectivity index (χ2v) is 7.37. The first-order valence-electron chi connectivity index (χ1n) is 8.77. The van der Waals surface area contributed by atoms with Crippen LogP contribution in [-0.4, -0.2) is 16.0 Å². The Hall–Kier alpha value is -3.52. The molecule has 0 bridgehead atoms. The Bertz CT molecular complexity index is 1170.